The number of alkyl halides is 1. The summed E-state index contributed by atoms with van der Waals surface area (Å²) in [4.78, 5) is 16.5. The Kier molecular flexibility index (Phi) is 5.48. The van der Waals surface area contributed by atoms with Gasteiger partial charge in [0.25, 0.3) is 5.56 Å². The molecule has 0 saturated carbocycles. The van der Waals surface area contributed by atoms with Crippen molar-refractivity contribution in [2.24, 2.45) is 7.05 Å². The topological polar surface area (TPSA) is 46.9 Å². The zero-order valence-corrected chi connectivity index (χ0v) is 11.5. The molecule has 0 spiro atoms. The predicted octanol–water partition coefficient (Wildman–Crippen LogP) is 2.08. The monoisotopic (exact) mass is 257 g/mol. The van der Waals surface area contributed by atoms with Gasteiger partial charge in [0, 0.05) is 30.7 Å². The lowest BCUT2D eigenvalue weighted by Gasteiger charge is -2.12. The first-order chi connectivity index (χ1) is 8.11. The van der Waals surface area contributed by atoms with Crippen LogP contribution in [0.5, 0.6) is 0 Å². The Morgan fingerprint density at radius 2 is 2.18 bits per heavy atom. The second kappa shape index (κ2) is 6.64. The normalized spacial score (nSPS) is 10.6. The number of anilines is 1. The molecule has 0 saturated heterocycles. The Morgan fingerprint density at radius 1 is 1.47 bits per heavy atom. The van der Waals surface area contributed by atoms with Crippen LogP contribution in [0.4, 0.5) is 5.95 Å². The van der Waals surface area contributed by atoms with Gasteiger partial charge < -0.3 is 5.32 Å². The molecule has 1 aromatic rings. The molecule has 0 atom stereocenters. The minimum atomic E-state index is -0.00264. The van der Waals surface area contributed by atoms with Crippen molar-refractivity contribution in [3.05, 3.63) is 21.6 Å². The van der Waals surface area contributed by atoms with E-state index in [-0.39, 0.29) is 5.56 Å². The summed E-state index contributed by atoms with van der Waals surface area (Å²) in [5.74, 6) is 1.08. The van der Waals surface area contributed by atoms with Gasteiger partial charge >= 0.3 is 0 Å². The second-order valence-electron chi connectivity index (χ2n) is 4.08. The van der Waals surface area contributed by atoms with Gasteiger partial charge in [-0.15, -0.1) is 11.6 Å². The van der Waals surface area contributed by atoms with Gasteiger partial charge in [0.15, 0.2) is 0 Å². The van der Waals surface area contributed by atoms with Crippen molar-refractivity contribution in [1.29, 1.82) is 0 Å². The van der Waals surface area contributed by atoms with E-state index in [9.17, 15) is 4.79 Å². The molecule has 0 bridgehead atoms. The molecule has 0 aliphatic carbocycles. The number of nitrogens with zero attached hydrogens (tertiary/aromatic N) is 2. The highest BCUT2D eigenvalue weighted by atomic mass is 35.5. The molecule has 0 aliphatic heterocycles. The molecule has 5 heteroatoms. The summed E-state index contributed by atoms with van der Waals surface area (Å²) in [6.07, 6.45) is 2.75. The van der Waals surface area contributed by atoms with Crippen LogP contribution in [0.15, 0.2) is 4.79 Å². The molecule has 0 aromatic carbocycles. The molecule has 4 nitrogen and oxygen atoms in total. The van der Waals surface area contributed by atoms with Crippen LogP contribution in [-0.2, 0) is 13.5 Å². The van der Waals surface area contributed by atoms with Crippen LogP contribution in [0.2, 0.25) is 0 Å². The van der Waals surface area contributed by atoms with Crippen molar-refractivity contribution >= 4 is 17.5 Å². The van der Waals surface area contributed by atoms with Gasteiger partial charge in [-0.3, -0.25) is 9.36 Å². The zero-order chi connectivity index (χ0) is 12.8. The van der Waals surface area contributed by atoms with E-state index >= 15 is 0 Å². The third-order valence-corrected chi connectivity index (χ3v) is 2.94. The van der Waals surface area contributed by atoms with E-state index in [0.717, 1.165) is 25.1 Å². The highest BCUT2D eigenvalue weighted by molar-refractivity contribution is 6.17. The van der Waals surface area contributed by atoms with E-state index in [4.69, 9.17) is 11.6 Å². The Bertz CT molecular complexity index is 428. The molecule has 0 amide bonds. The van der Waals surface area contributed by atoms with E-state index in [1.54, 1.807) is 11.6 Å². The van der Waals surface area contributed by atoms with Crippen LogP contribution in [0.3, 0.4) is 0 Å². The summed E-state index contributed by atoms with van der Waals surface area (Å²) in [7, 11) is 1.74. The summed E-state index contributed by atoms with van der Waals surface area (Å²) in [6, 6.07) is 0. The third-order valence-electron chi connectivity index (χ3n) is 2.75. The molecule has 96 valence electrons. The standard InChI is InChI=1S/C12H20ClN3O/c1-4-5-8-14-12-15-9(2)10(6-7-13)11(17)16(12)3/h4-8H2,1-3H3,(H,14,15). The molecular weight excluding hydrogens is 238 g/mol. The Balaban J connectivity index is 2.98. The molecule has 1 aromatic heterocycles. The quantitative estimate of drug-likeness (QED) is 0.627. The summed E-state index contributed by atoms with van der Waals surface area (Å²) < 4.78 is 1.56. The SMILES string of the molecule is CCCCNc1nc(C)c(CCCl)c(=O)n1C. The van der Waals surface area contributed by atoms with Gasteiger partial charge in [-0.2, -0.15) is 0 Å². The first-order valence-corrected chi connectivity index (χ1v) is 6.51. The highest BCUT2D eigenvalue weighted by Crippen LogP contribution is 2.07. The predicted molar refractivity (Wildman–Crippen MR) is 72.0 cm³/mol. The smallest absolute Gasteiger partial charge is 0.258 e. The van der Waals surface area contributed by atoms with Gasteiger partial charge in [0.1, 0.15) is 0 Å². The number of halogens is 1. The molecule has 1 rings (SSSR count). The fraction of sp³-hybridized carbons (Fsp3) is 0.667. The fourth-order valence-electron chi connectivity index (χ4n) is 1.67. The third kappa shape index (κ3) is 3.46. The van der Waals surface area contributed by atoms with E-state index in [2.05, 4.69) is 17.2 Å². The number of nitrogens with one attached hydrogen (secondary N) is 1. The first kappa shape index (κ1) is 14.0. The lowest BCUT2D eigenvalue weighted by atomic mass is 10.2. The number of rotatable bonds is 6. The van der Waals surface area contributed by atoms with Crippen molar-refractivity contribution in [2.75, 3.05) is 17.7 Å². The largest absolute Gasteiger partial charge is 0.356 e. The van der Waals surface area contributed by atoms with Gasteiger partial charge in [0.05, 0.1) is 0 Å². The van der Waals surface area contributed by atoms with Crippen LogP contribution in [0.25, 0.3) is 0 Å². The van der Waals surface area contributed by atoms with Crippen molar-refractivity contribution in [3.63, 3.8) is 0 Å². The van der Waals surface area contributed by atoms with Crippen molar-refractivity contribution in [1.82, 2.24) is 9.55 Å². The molecule has 17 heavy (non-hydrogen) atoms. The van der Waals surface area contributed by atoms with Gasteiger partial charge in [0.2, 0.25) is 5.95 Å². The average Bonchev–Trinajstić information content (AvgIpc) is 2.31. The van der Waals surface area contributed by atoms with Gasteiger partial charge in [-0.1, -0.05) is 13.3 Å². The number of hydrogen-bond acceptors (Lipinski definition) is 3. The second-order valence-corrected chi connectivity index (χ2v) is 4.46. The van der Waals surface area contributed by atoms with E-state index in [1.807, 2.05) is 6.92 Å². The Hall–Kier alpha value is -1.03. The van der Waals surface area contributed by atoms with Crippen LogP contribution in [0, 0.1) is 6.92 Å². The molecule has 1 N–H and O–H groups in total. The number of hydrogen-bond donors (Lipinski definition) is 1. The zero-order valence-electron chi connectivity index (χ0n) is 10.7. The van der Waals surface area contributed by atoms with Crippen molar-refractivity contribution < 1.29 is 0 Å². The summed E-state index contributed by atoms with van der Waals surface area (Å²) in [5.41, 5.74) is 1.48. The van der Waals surface area contributed by atoms with E-state index in [0.29, 0.717) is 23.8 Å². The van der Waals surface area contributed by atoms with Crippen molar-refractivity contribution in [3.8, 4) is 0 Å². The molecule has 0 radical (unpaired) electrons. The van der Waals surface area contributed by atoms with Crippen LogP contribution < -0.4 is 10.9 Å². The first-order valence-electron chi connectivity index (χ1n) is 5.98. The molecule has 0 fully saturated rings. The highest BCUT2D eigenvalue weighted by Gasteiger charge is 2.10. The van der Waals surface area contributed by atoms with Crippen LogP contribution >= 0.6 is 11.6 Å². The maximum Gasteiger partial charge on any atom is 0.258 e. The average molecular weight is 258 g/mol. The Labute approximate surface area is 107 Å². The number of aromatic nitrogens is 2. The number of aryl methyl sites for hydroxylation is 1. The van der Waals surface area contributed by atoms with Gasteiger partial charge in [-0.25, -0.2) is 4.98 Å². The van der Waals surface area contributed by atoms with Gasteiger partial charge in [-0.05, 0) is 19.8 Å². The summed E-state index contributed by atoms with van der Waals surface area (Å²) in [5, 5.41) is 3.18. The maximum absolute atomic E-state index is 12.1. The van der Waals surface area contributed by atoms with E-state index < -0.39 is 0 Å². The van der Waals surface area contributed by atoms with E-state index in [1.165, 1.54) is 0 Å². The summed E-state index contributed by atoms with van der Waals surface area (Å²) >= 11 is 5.68. The van der Waals surface area contributed by atoms with Crippen LogP contribution in [-0.4, -0.2) is 22.0 Å². The molecule has 0 unspecified atom stereocenters. The molecule has 0 aliphatic rings. The molecular formula is C12H20ClN3O. The summed E-state index contributed by atoms with van der Waals surface area (Å²) in [6.45, 7) is 4.82. The van der Waals surface area contributed by atoms with Crippen molar-refractivity contribution in [2.45, 2.75) is 33.1 Å². The Morgan fingerprint density at radius 3 is 2.76 bits per heavy atom. The fourth-order valence-corrected chi connectivity index (χ4v) is 1.86. The minimum absolute atomic E-state index is 0.00264. The van der Waals surface area contributed by atoms with Crippen LogP contribution in [0.1, 0.15) is 31.0 Å². The number of unbranched alkanes of at least 4 members (excludes halogenated alkanes) is 1. The molecule has 1 heterocycles. The lowest BCUT2D eigenvalue weighted by Crippen LogP contribution is -2.27. The minimum Gasteiger partial charge on any atom is -0.356 e. The lowest BCUT2D eigenvalue weighted by molar-refractivity contribution is 0.765. The maximum atomic E-state index is 12.1.